The average Bonchev–Trinajstić information content (AvgIpc) is 2.43. The first-order valence-electron chi connectivity index (χ1n) is 6.09. The summed E-state index contributed by atoms with van der Waals surface area (Å²) in [7, 11) is 1.52. The van der Waals surface area contributed by atoms with Crippen molar-refractivity contribution in [3.05, 3.63) is 64.2 Å². The fraction of sp³-hybridized carbons (Fsp3) is 0.188. The molecule has 0 atom stereocenters. The average molecular weight is 276 g/mol. The maximum Gasteiger partial charge on any atom is 0.198 e. The zero-order valence-electron chi connectivity index (χ0n) is 11.5. The maximum atomic E-state index is 14.0. The van der Waals surface area contributed by atoms with Gasteiger partial charge in [-0.25, -0.2) is 8.78 Å². The van der Waals surface area contributed by atoms with Crippen molar-refractivity contribution in [1.82, 2.24) is 0 Å². The Hall–Kier alpha value is -2.23. The molecule has 0 saturated carbocycles. The van der Waals surface area contributed by atoms with Crippen molar-refractivity contribution in [2.45, 2.75) is 13.8 Å². The second-order valence-electron chi connectivity index (χ2n) is 4.57. The third-order valence-corrected chi connectivity index (χ3v) is 3.17. The minimum atomic E-state index is -0.855. The van der Waals surface area contributed by atoms with E-state index in [-0.39, 0.29) is 11.1 Å². The molecule has 0 bridgehead atoms. The summed E-state index contributed by atoms with van der Waals surface area (Å²) in [4.78, 5) is 12.3. The molecular formula is C16H14F2O2. The summed E-state index contributed by atoms with van der Waals surface area (Å²) in [5.41, 5.74) is 0.674. The highest BCUT2D eigenvalue weighted by molar-refractivity contribution is 6.09. The van der Waals surface area contributed by atoms with Crippen LogP contribution in [0.15, 0.2) is 30.3 Å². The number of carbonyl (C=O) groups excluding carboxylic acids is 1. The van der Waals surface area contributed by atoms with Crippen LogP contribution in [0.4, 0.5) is 8.78 Å². The Morgan fingerprint density at radius 1 is 1.05 bits per heavy atom. The highest BCUT2D eigenvalue weighted by Gasteiger charge is 2.21. The SMILES string of the molecule is COc1ccc(C(=O)c2c(F)ccc(C)c2F)cc1C. The Morgan fingerprint density at radius 3 is 2.35 bits per heavy atom. The number of hydrogen-bond acceptors (Lipinski definition) is 2. The highest BCUT2D eigenvalue weighted by atomic mass is 19.1. The van der Waals surface area contributed by atoms with Gasteiger partial charge in [-0.2, -0.15) is 0 Å². The zero-order chi connectivity index (χ0) is 14.9. The second kappa shape index (κ2) is 5.41. The lowest BCUT2D eigenvalue weighted by molar-refractivity contribution is 0.103. The Bertz CT molecular complexity index is 678. The third kappa shape index (κ3) is 2.41. The molecule has 0 aliphatic heterocycles. The predicted octanol–water partition coefficient (Wildman–Crippen LogP) is 3.82. The number of benzene rings is 2. The molecule has 0 N–H and O–H groups in total. The van der Waals surface area contributed by atoms with Crippen molar-refractivity contribution < 1.29 is 18.3 Å². The monoisotopic (exact) mass is 276 g/mol. The van der Waals surface area contributed by atoms with Crippen molar-refractivity contribution in [1.29, 1.82) is 0 Å². The van der Waals surface area contributed by atoms with E-state index >= 15 is 0 Å². The molecule has 0 spiro atoms. The van der Waals surface area contributed by atoms with Gasteiger partial charge in [-0.3, -0.25) is 4.79 Å². The van der Waals surface area contributed by atoms with E-state index in [0.29, 0.717) is 5.75 Å². The molecule has 0 unspecified atom stereocenters. The standard InChI is InChI=1S/C16H14F2O2/c1-9-4-6-12(17)14(15(9)18)16(19)11-5-7-13(20-3)10(2)8-11/h4-8H,1-3H3. The molecule has 2 rings (SSSR count). The van der Waals surface area contributed by atoms with Crippen molar-refractivity contribution in [2.24, 2.45) is 0 Å². The van der Waals surface area contributed by atoms with Crippen LogP contribution in [0, 0.1) is 25.5 Å². The van der Waals surface area contributed by atoms with Crippen LogP contribution < -0.4 is 4.74 Å². The molecule has 2 aromatic carbocycles. The van der Waals surface area contributed by atoms with Crippen LogP contribution in [0.2, 0.25) is 0 Å². The molecule has 0 fully saturated rings. The highest BCUT2D eigenvalue weighted by Crippen LogP contribution is 2.23. The number of hydrogen-bond donors (Lipinski definition) is 0. The molecule has 104 valence electrons. The number of ether oxygens (including phenoxy) is 1. The van der Waals surface area contributed by atoms with Gasteiger partial charge in [-0.15, -0.1) is 0 Å². The summed E-state index contributed by atoms with van der Waals surface area (Å²) in [5, 5.41) is 0. The molecule has 0 heterocycles. The normalized spacial score (nSPS) is 10.4. The Labute approximate surface area is 116 Å². The molecule has 2 nitrogen and oxygen atoms in total. The Balaban J connectivity index is 2.52. The van der Waals surface area contributed by atoms with E-state index < -0.39 is 23.0 Å². The van der Waals surface area contributed by atoms with Gasteiger partial charge < -0.3 is 4.74 Å². The van der Waals surface area contributed by atoms with E-state index in [1.807, 2.05) is 0 Å². The van der Waals surface area contributed by atoms with Gasteiger partial charge in [0.15, 0.2) is 5.78 Å². The van der Waals surface area contributed by atoms with Gasteiger partial charge >= 0.3 is 0 Å². The van der Waals surface area contributed by atoms with E-state index in [0.717, 1.165) is 11.6 Å². The molecule has 0 radical (unpaired) electrons. The van der Waals surface area contributed by atoms with E-state index in [4.69, 9.17) is 4.74 Å². The van der Waals surface area contributed by atoms with Crippen LogP contribution in [0.3, 0.4) is 0 Å². The second-order valence-corrected chi connectivity index (χ2v) is 4.57. The van der Waals surface area contributed by atoms with Gasteiger partial charge in [0.1, 0.15) is 17.4 Å². The molecule has 4 heteroatoms. The van der Waals surface area contributed by atoms with Gasteiger partial charge in [0.2, 0.25) is 0 Å². The lowest BCUT2D eigenvalue weighted by Gasteiger charge is -2.09. The topological polar surface area (TPSA) is 26.3 Å². The molecular weight excluding hydrogens is 262 g/mol. The largest absolute Gasteiger partial charge is 0.496 e. The van der Waals surface area contributed by atoms with E-state index in [1.54, 1.807) is 19.1 Å². The smallest absolute Gasteiger partial charge is 0.198 e. The van der Waals surface area contributed by atoms with Crippen molar-refractivity contribution >= 4 is 5.78 Å². The summed E-state index contributed by atoms with van der Waals surface area (Å²) in [6.45, 7) is 3.25. The molecule has 2 aromatic rings. The first kappa shape index (κ1) is 14.2. The third-order valence-electron chi connectivity index (χ3n) is 3.17. The van der Waals surface area contributed by atoms with Crippen LogP contribution >= 0.6 is 0 Å². The summed E-state index contributed by atoms with van der Waals surface area (Å²) >= 11 is 0. The van der Waals surface area contributed by atoms with E-state index in [1.165, 1.54) is 26.2 Å². The van der Waals surface area contributed by atoms with Gasteiger partial charge in [-0.1, -0.05) is 6.07 Å². The molecule has 0 aliphatic carbocycles. The van der Waals surface area contributed by atoms with Crippen molar-refractivity contribution in [3.8, 4) is 5.75 Å². The summed E-state index contributed by atoms with van der Waals surface area (Å²) < 4.78 is 32.8. The van der Waals surface area contributed by atoms with Crippen molar-refractivity contribution in [2.75, 3.05) is 7.11 Å². The number of carbonyl (C=O) groups is 1. The lowest BCUT2D eigenvalue weighted by Crippen LogP contribution is -2.09. The van der Waals surface area contributed by atoms with Gasteiger partial charge in [-0.05, 0) is 49.2 Å². The first-order valence-corrected chi connectivity index (χ1v) is 6.09. The zero-order valence-corrected chi connectivity index (χ0v) is 11.5. The quantitative estimate of drug-likeness (QED) is 0.797. The van der Waals surface area contributed by atoms with Gasteiger partial charge in [0.05, 0.1) is 12.7 Å². The molecule has 0 saturated heterocycles. The maximum absolute atomic E-state index is 14.0. The fourth-order valence-corrected chi connectivity index (χ4v) is 2.03. The van der Waals surface area contributed by atoms with Crippen LogP contribution in [-0.2, 0) is 0 Å². The minimum absolute atomic E-state index is 0.228. The van der Waals surface area contributed by atoms with E-state index in [2.05, 4.69) is 0 Å². The first-order chi connectivity index (χ1) is 9.45. The van der Waals surface area contributed by atoms with Crippen molar-refractivity contribution in [3.63, 3.8) is 0 Å². The molecule has 0 aliphatic rings. The molecule has 20 heavy (non-hydrogen) atoms. The molecule has 0 aromatic heterocycles. The van der Waals surface area contributed by atoms with Crippen LogP contribution in [0.25, 0.3) is 0 Å². The Kier molecular flexibility index (Phi) is 3.84. The summed E-state index contributed by atoms with van der Waals surface area (Å²) in [5.74, 6) is -1.73. The van der Waals surface area contributed by atoms with Crippen LogP contribution in [-0.4, -0.2) is 12.9 Å². The van der Waals surface area contributed by atoms with Crippen LogP contribution in [0.1, 0.15) is 27.0 Å². The molecule has 0 amide bonds. The fourth-order valence-electron chi connectivity index (χ4n) is 2.03. The van der Waals surface area contributed by atoms with Gasteiger partial charge in [0, 0.05) is 5.56 Å². The summed E-state index contributed by atoms with van der Waals surface area (Å²) in [6.07, 6.45) is 0. The number of aryl methyl sites for hydroxylation is 2. The minimum Gasteiger partial charge on any atom is -0.496 e. The predicted molar refractivity (Wildman–Crippen MR) is 72.3 cm³/mol. The van der Waals surface area contributed by atoms with Gasteiger partial charge in [0.25, 0.3) is 0 Å². The Morgan fingerprint density at radius 2 is 1.75 bits per heavy atom. The number of ketones is 1. The number of methoxy groups -OCH3 is 1. The summed E-state index contributed by atoms with van der Waals surface area (Å²) in [6, 6.07) is 7.06. The number of halogens is 2. The van der Waals surface area contributed by atoms with E-state index in [9.17, 15) is 13.6 Å². The van der Waals surface area contributed by atoms with Crippen LogP contribution in [0.5, 0.6) is 5.75 Å². The number of rotatable bonds is 3. The lowest BCUT2D eigenvalue weighted by atomic mass is 9.98.